The standard InChI is InChI=1S/C29H33FN4O5/c1-38-28(37)31-24-14-20-10-11-29(22(20)15-23(24)30)26(35)34(27(36)32-29)12-13-39-17-33-16-21-5-3-2-4-18(21)8-9-25(33)19-6-7-19/h2-5,14-15,19,25H,6-13,16-17H2,1H3,(H,31,37)(H,32,36). The highest BCUT2D eigenvalue weighted by Crippen LogP contribution is 2.43. The molecule has 2 aromatic carbocycles. The lowest BCUT2D eigenvalue weighted by Gasteiger charge is -2.30. The number of hydrogen-bond donors (Lipinski definition) is 2. The molecule has 2 N–H and O–H groups in total. The molecule has 9 nitrogen and oxygen atoms in total. The number of ether oxygens (including phenoxy) is 2. The van der Waals surface area contributed by atoms with E-state index in [1.165, 1.54) is 48.1 Å². The molecule has 2 unspecified atom stereocenters. The zero-order valence-electron chi connectivity index (χ0n) is 22.0. The molecule has 206 valence electrons. The van der Waals surface area contributed by atoms with Gasteiger partial charge in [-0.05, 0) is 78.8 Å². The maximum Gasteiger partial charge on any atom is 0.411 e. The first-order valence-electron chi connectivity index (χ1n) is 13.6. The summed E-state index contributed by atoms with van der Waals surface area (Å²) in [6.07, 6.45) is 4.68. The SMILES string of the molecule is COC(=O)Nc1cc2c(cc1F)C1(CC2)NC(=O)N(CCOCN2Cc3ccccc3CCC2C2CC2)C1=O. The van der Waals surface area contributed by atoms with Crippen LogP contribution in [0.4, 0.5) is 19.7 Å². The molecule has 1 spiro atoms. The molecule has 0 radical (unpaired) electrons. The van der Waals surface area contributed by atoms with Gasteiger partial charge >= 0.3 is 12.1 Å². The van der Waals surface area contributed by atoms with Gasteiger partial charge in [0.1, 0.15) is 11.4 Å². The smallest absolute Gasteiger partial charge is 0.411 e. The topological polar surface area (TPSA) is 100 Å². The number of anilines is 1. The summed E-state index contributed by atoms with van der Waals surface area (Å²) in [7, 11) is 1.19. The molecule has 1 saturated heterocycles. The molecule has 6 rings (SSSR count). The number of benzene rings is 2. The van der Waals surface area contributed by atoms with Crippen LogP contribution >= 0.6 is 0 Å². The lowest BCUT2D eigenvalue weighted by Crippen LogP contribution is -2.42. The van der Waals surface area contributed by atoms with Gasteiger partial charge in [-0.15, -0.1) is 0 Å². The van der Waals surface area contributed by atoms with E-state index in [-0.39, 0.29) is 18.8 Å². The molecule has 2 aliphatic heterocycles. The number of amides is 4. The van der Waals surface area contributed by atoms with Crippen LogP contribution in [-0.2, 0) is 39.2 Å². The van der Waals surface area contributed by atoms with E-state index in [2.05, 4.69) is 44.5 Å². The lowest BCUT2D eigenvalue weighted by molar-refractivity contribution is -0.132. The second-order valence-corrected chi connectivity index (χ2v) is 10.9. The highest BCUT2D eigenvalue weighted by atomic mass is 19.1. The average Bonchev–Trinajstić information content (AvgIpc) is 3.69. The summed E-state index contributed by atoms with van der Waals surface area (Å²) in [4.78, 5) is 41.5. The van der Waals surface area contributed by atoms with Crippen LogP contribution in [0.25, 0.3) is 0 Å². The van der Waals surface area contributed by atoms with Gasteiger partial charge in [0.2, 0.25) is 0 Å². The fourth-order valence-corrected chi connectivity index (χ4v) is 6.39. The number of carbonyl (C=O) groups excluding carboxylic acids is 3. The van der Waals surface area contributed by atoms with Crippen LogP contribution in [0.1, 0.15) is 47.9 Å². The van der Waals surface area contributed by atoms with Crippen molar-refractivity contribution in [1.82, 2.24) is 15.1 Å². The zero-order chi connectivity index (χ0) is 27.1. The molecule has 0 bridgehead atoms. The van der Waals surface area contributed by atoms with E-state index in [1.807, 2.05) is 0 Å². The normalized spacial score (nSPS) is 24.4. The number of carbonyl (C=O) groups is 3. The number of methoxy groups -OCH3 is 1. The summed E-state index contributed by atoms with van der Waals surface area (Å²) in [5.74, 6) is -0.393. The molecule has 0 aromatic heterocycles. The number of rotatable bonds is 7. The highest BCUT2D eigenvalue weighted by molar-refractivity contribution is 6.08. The molecule has 2 aromatic rings. The van der Waals surface area contributed by atoms with Crippen LogP contribution in [-0.4, -0.2) is 60.9 Å². The summed E-state index contributed by atoms with van der Waals surface area (Å²) < 4.78 is 25.4. The molecule has 2 aliphatic carbocycles. The van der Waals surface area contributed by atoms with Crippen LogP contribution in [0.5, 0.6) is 0 Å². The third kappa shape index (κ3) is 4.76. The number of nitrogens with zero attached hydrogens (tertiary/aromatic N) is 2. The van der Waals surface area contributed by atoms with Gasteiger partial charge in [-0.1, -0.05) is 24.3 Å². The minimum Gasteiger partial charge on any atom is -0.453 e. The number of aryl methyl sites for hydroxylation is 2. The Hall–Kier alpha value is -3.50. The Kier molecular flexibility index (Phi) is 6.76. The van der Waals surface area contributed by atoms with E-state index in [9.17, 15) is 18.8 Å². The second-order valence-electron chi connectivity index (χ2n) is 10.9. The number of nitrogens with one attached hydrogen (secondary N) is 2. The Labute approximate surface area is 226 Å². The van der Waals surface area contributed by atoms with Crippen molar-refractivity contribution in [2.75, 3.05) is 32.3 Å². The van der Waals surface area contributed by atoms with Gasteiger partial charge < -0.3 is 14.8 Å². The predicted octanol–water partition coefficient (Wildman–Crippen LogP) is 3.90. The van der Waals surface area contributed by atoms with Crippen LogP contribution < -0.4 is 10.6 Å². The van der Waals surface area contributed by atoms with Crippen molar-refractivity contribution in [1.29, 1.82) is 0 Å². The fraction of sp³-hybridized carbons (Fsp3) is 0.483. The van der Waals surface area contributed by atoms with Crippen molar-refractivity contribution in [2.24, 2.45) is 5.92 Å². The van der Waals surface area contributed by atoms with E-state index in [4.69, 9.17) is 4.74 Å². The van der Waals surface area contributed by atoms with E-state index in [1.54, 1.807) is 0 Å². The highest BCUT2D eigenvalue weighted by Gasteiger charge is 2.55. The first-order chi connectivity index (χ1) is 18.9. The Morgan fingerprint density at radius 3 is 2.69 bits per heavy atom. The molecular weight excluding hydrogens is 503 g/mol. The Morgan fingerprint density at radius 2 is 1.92 bits per heavy atom. The average molecular weight is 537 g/mol. The number of imide groups is 1. The van der Waals surface area contributed by atoms with E-state index >= 15 is 0 Å². The molecular formula is C29H33FN4O5. The maximum absolute atomic E-state index is 14.8. The van der Waals surface area contributed by atoms with Gasteiger partial charge in [0.05, 0.1) is 32.7 Å². The molecule has 2 fully saturated rings. The van der Waals surface area contributed by atoms with Crippen LogP contribution in [0.2, 0.25) is 0 Å². The molecule has 4 amide bonds. The Balaban J connectivity index is 1.10. The fourth-order valence-electron chi connectivity index (χ4n) is 6.39. The van der Waals surface area contributed by atoms with Gasteiger partial charge in [0, 0.05) is 12.6 Å². The van der Waals surface area contributed by atoms with Crippen LogP contribution in [0, 0.1) is 11.7 Å². The third-order valence-electron chi connectivity index (χ3n) is 8.57. The van der Waals surface area contributed by atoms with E-state index in [0.717, 1.165) is 19.4 Å². The molecule has 39 heavy (non-hydrogen) atoms. The Morgan fingerprint density at radius 1 is 1.13 bits per heavy atom. The van der Waals surface area contributed by atoms with Gasteiger partial charge in [-0.3, -0.25) is 19.9 Å². The zero-order valence-corrected chi connectivity index (χ0v) is 22.0. The lowest BCUT2D eigenvalue weighted by atomic mass is 9.91. The van der Waals surface area contributed by atoms with Crippen molar-refractivity contribution in [2.45, 2.75) is 56.7 Å². The number of urea groups is 1. The van der Waals surface area contributed by atoms with Gasteiger partial charge in [-0.25, -0.2) is 14.0 Å². The van der Waals surface area contributed by atoms with Crippen molar-refractivity contribution >= 4 is 23.7 Å². The van der Waals surface area contributed by atoms with Crippen molar-refractivity contribution in [3.05, 3.63) is 64.5 Å². The van der Waals surface area contributed by atoms with E-state index < -0.39 is 29.4 Å². The van der Waals surface area contributed by atoms with E-state index in [0.29, 0.717) is 42.7 Å². The molecule has 2 heterocycles. The maximum atomic E-state index is 14.8. The van der Waals surface area contributed by atoms with Crippen molar-refractivity contribution < 1.29 is 28.2 Å². The molecule has 4 aliphatic rings. The quantitative estimate of drug-likeness (QED) is 0.411. The Bertz CT molecular complexity index is 1310. The predicted molar refractivity (Wildman–Crippen MR) is 140 cm³/mol. The summed E-state index contributed by atoms with van der Waals surface area (Å²) in [6, 6.07) is 11.2. The largest absolute Gasteiger partial charge is 0.453 e. The van der Waals surface area contributed by atoms with Crippen LogP contribution in [0.3, 0.4) is 0 Å². The molecule has 2 atom stereocenters. The first-order valence-corrected chi connectivity index (χ1v) is 13.6. The summed E-state index contributed by atoms with van der Waals surface area (Å²) >= 11 is 0. The van der Waals surface area contributed by atoms with Gasteiger partial charge in [-0.2, -0.15) is 0 Å². The van der Waals surface area contributed by atoms with Crippen molar-refractivity contribution in [3.63, 3.8) is 0 Å². The monoisotopic (exact) mass is 536 g/mol. The summed E-state index contributed by atoms with van der Waals surface area (Å²) in [6.45, 7) is 1.60. The third-order valence-corrected chi connectivity index (χ3v) is 8.57. The van der Waals surface area contributed by atoms with Gasteiger partial charge in [0.15, 0.2) is 0 Å². The first kappa shape index (κ1) is 25.8. The van der Waals surface area contributed by atoms with Crippen LogP contribution in [0.15, 0.2) is 36.4 Å². The number of halogens is 1. The van der Waals surface area contributed by atoms with Gasteiger partial charge in [0.25, 0.3) is 5.91 Å². The van der Waals surface area contributed by atoms with Crippen molar-refractivity contribution in [3.8, 4) is 0 Å². The minimum absolute atomic E-state index is 0.0275. The summed E-state index contributed by atoms with van der Waals surface area (Å²) in [5.41, 5.74) is 2.52. The molecule has 10 heteroatoms. The second kappa shape index (κ2) is 10.2. The number of hydrogen-bond acceptors (Lipinski definition) is 6. The minimum atomic E-state index is -1.30. The molecule has 1 saturated carbocycles. The number of fused-ring (bicyclic) bond motifs is 3. The summed E-state index contributed by atoms with van der Waals surface area (Å²) in [5, 5.41) is 5.16.